The topological polar surface area (TPSA) is 81.8 Å². The van der Waals surface area contributed by atoms with Gasteiger partial charge in [-0.1, -0.05) is 6.07 Å². The van der Waals surface area contributed by atoms with Gasteiger partial charge in [0.25, 0.3) is 5.91 Å². The number of nitrogens with one attached hydrogen (secondary N) is 2. The summed E-state index contributed by atoms with van der Waals surface area (Å²) in [5.74, 6) is -0.908. The van der Waals surface area contributed by atoms with Gasteiger partial charge in [-0.3, -0.25) is 19.8 Å². The minimum atomic E-state index is -4.51. The molecule has 3 rings (SSSR count). The lowest BCUT2D eigenvalue weighted by Crippen LogP contribution is -2.52. The Morgan fingerprint density at radius 2 is 1.75 bits per heavy atom. The first-order chi connectivity index (χ1) is 13.2. The van der Waals surface area contributed by atoms with Gasteiger partial charge >= 0.3 is 12.2 Å². The molecule has 2 fully saturated rings. The smallest absolute Gasteiger partial charge is 0.336 e. The summed E-state index contributed by atoms with van der Waals surface area (Å²) in [6.07, 6.45) is -2.67. The number of carbonyl (C=O) groups is 3. The number of hydrogen-bond donors (Lipinski definition) is 2. The Kier molecular flexibility index (Phi) is 5.87. The zero-order valence-corrected chi connectivity index (χ0v) is 15.1. The van der Waals surface area contributed by atoms with E-state index in [9.17, 15) is 27.6 Å². The third-order valence-electron chi connectivity index (χ3n) is 4.63. The highest BCUT2D eigenvalue weighted by atomic mass is 19.4. The lowest BCUT2D eigenvalue weighted by atomic mass is 10.1. The molecule has 2 aliphatic rings. The highest BCUT2D eigenvalue weighted by Gasteiger charge is 2.32. The Hall–Kier alpha value is -2.62. The first-order valence-electron chi connectivity index (χ1n) is 9.01. The molecule has 1 aliphatic carbocycles. The Morgan fingerprint density at radius 3 is 2.36 bits per heavy atom. The Labute approximate surface area is 159 Å². The fourth-order valence-electron chi connectivity index (χ4n) is 2.94. The Bertz CT molecular complexity index is 757. The molecule has 0 unspecified atom stereocenters. The molecule has 1 saturated carbocycles. The van der Waals surface area contributed by atoms with Crippen molar-refractivity contribution in [3.8, 4) is 0 Å². The van der Waals surface area contributed by atoms with E-state index >= 15 is 0 Å². The number of imide groups is 1. The summed E-state index contributed by atoms with van der Waals surface area (Å²) in [6.45, 7) is 1.38. The van der Waals surface area contributed by atoms with E-state index in [4.69, 9.17) is 0 Å². The third kappa shape index (κ3) is 5.44. The molecule has 1 aromatic carbocycles. The van der Waals surface area contributed by atoms with Crippen molar-refractivity contribution in [1.29, 1.82) is 0 Å². The number of urea groups is 1. The van der Waals surface area contributed by atoms with Crippen LogP contribution in [0.2, 0.25) is 0 Å². The maximum absolute atomic E-state index is 12.8. The SMILES string of the molecule is O=C(CN1CCN(C(=O)c2cccc(C(F)(F)F)c2)CC1)NC(=O)NC1CC1. The molecule has 0 bridgehead atoms. The Morgan fingerprint density at radius 1 is 1.07 bits per heavy atom. The Balaban J connectivity index is 1.47. The van der Waals surface area contributed by atoms with Gasteiger partial charge in [-0.15, -0.1) is 0 Å². The van der Waals surface area contributed by atoms with Crippen LogP contribution in [0.4, 0.5) is 18.0 Å². The number of alkyl halides is 3. The van der Waals surface area contributed by atoms with Crippen LogP contribution in [-0.4, -0.2) is 66.4 Å². The van der Waals surface area contributed by atoms with Gasteiger partial charge in [0.1, 0.15) is 0 Å². The number of benzene rings is 1. The highest BCUT2D eigenvalue weighted by Crippen LogP contribution is 2.29. The van der Waals surface area contributed by atoms with E-state index < -0.39 is 29.6 Å². The predicted octanol–water partition coefficient (Wildman–Crippen LogP) is 1.45. The molecular formula is C18H21F3N4O3. The average Bonchev–Trinajstić information content (AvgIpc) is 3.45. The van der Waals surface area contributed by atoms with E-state index in [0.29, 0.717) is 13.1 Å². The number of rotatable bonds is 4. The summed E-state index contributed by atoms with van der Waals surface area (Å²) in [5, 5.41) is 4.92. The number of piperazine rings is 1. The van der Waals surface area contributed by atoms with E-state index in [1.165, 1.54) is 17.0 Å². The molecule has 0 aromatic heterocycles. The van der Waals surface area contributed by atoms with E-state index in [-0.39, 0.29) is 31.2 Å². The monoisotopic (exact) mass is 398 g/mol. The molecule has 4 amide bonds. The zero-order chi connectivity index (χ0) is 20.3. The molecule has 1 aromatic rings. The molecule has 2 N–H and O–H groups in total. The lowest BCUT2D eigenvalue weighted by Gasteiger charge is -2.34. The van der Waals surface area contributed by atoms with E-state index in [0.717, 1.165) is 25.0 Å². The normalized spacial score (nSPS) is 17.9. The van der Waals surface area contributed by atoms with Crippen LogP contribution in [0.5, 0.6) is 0 Å². The van der Waals surface area contributed by atoms with Gasteiger partial charge in [0.05, 0.1) is 12.1 Å². The fraction of sp³-hybridized carbons (Fsp3) is 0.500. The van der Waals surface area contributed by atoms with Gasteiger partial charge in [-0.25, -0.2) is 4.79 Å². The van der Waals surface area contributed by atoms with Crippen molar-refractivity contribution in [2.24, 2.45) is 0 Å². The van der Waals surface area contributed by atoms with E-state index in [1.54, 1.807) is 4.90 Å². The van der Waals surface area contributed by atoms with Crippen molar-refractivity contribution in [2.75, 3.05) is 32.7 Å². The molecule has 1 aliphatic heterocycles. The minimum absolute atomic E-state index is 0.0160. The number of amides is 4. The average molecular weight is 398 g/mol. The lowest BCUT2D eigenvalue weighted by molar-refractivity contribution is -0.137. The largest absolute Gasteiger partial charge is 0.416 e. The quantitative estimate of drug-likeness (QED) is 0.805. The molecule has 1 heterocycles. The molecule has 10 heteroatoms. The second-order valence-electron chi connectivity index (χ2n) is 6.94. The van der Waals surface area contributed by atoms with Crippen LogP contribution in [0.1, 0.15) is 28.8 Å². The van der Waals surface area contributed by atoms with Crippen LogP contribution >= 0.6 is 0 Å². The number of halogens is 3. The van der Waals surface area contributed by atoms with Crippen LogP contribution in [0, 0.1) is 0 Å². The van der Waals surface area contributed by atoms with Crippen molar-refractivity contribution >= 4 is 17.8 Å². The highest BCUT2D eigenvalue weighted by molar-refractivity contribution is 5.96. The van der Waals surface area contributed by atoms with Gasteiger partial charge in [0.2, 0.25) is 5.91 Å². The molecule has 1 saturated heterocycles. The summed E-state index contributed by atoms with van der Waals surface area (Å²) < 4.78 is 38.4. The number of nitrogens with zero attached hydrogens (tertiary/aromatic N) is 2. The van der Waals surface area contributed by atoms with Gasteiger partial charge in [-0.2, -0.15) is 13.2 Å². The van der Waals surface area contributed by atoms with Gasteiger partial charge in [-0.05, 0) is 31.0 Å². The minimum Gasteiger partial charge on any atom is -0.336 e. The first kappa shape index (κ1) is 20.1. The number of hydrogen-bond acceptors (Lipinski definition) is 4. The second-order valence-corrected chi connectivity index (χ2v) is 6.94. The van der Waals surface area contributed by atoms with Gasteiger partial charge in [0.15, 0.2) is 0 Å². The summed E-state index contributed by atoms with van der Waals surface area (Å²) in [7, 11) is 0. The van der Waals surface area contributed by atoms with Crippen molar-refractivity contribution in [1.82, 2.24) is 20.4 Å². The summed E-state index contributed by atoms with van der Waals surface area (Å²) in [5.41, 5.74) is -0.879. The second kappa shape index (κ2) is 8.17. The maximum Gasteiger partial charge on any atom is 0.416 e. The van der Waals surface area contributed by atoms with Crippen LogP contribution in [0.15, 0.2) is 24.3 Å². The molecule has 0 radical (unpaired) electrons. The van der Waals surface area contributed by atoms with Crippen LogP contribution in [0.3, 0.4) is 0 Å². The molecule has 152 valence electrons. The van der Waals surface area contributed by atoms with E-state index in [1.807, 2.05) is 0 Å². The van der Waals surface area contributed by atoms with Crippen molar-refractivity contribution in [2.45, 2.75) is 25.1 Å². The summed E-state index contributed by atoms with van der Waals surface area (Å²) >= 11 is 0. The summed E-state index contributed by atoms with van der Waals surface area (Å²) in [4.78, 5) is 39.2. The van der Waals surface area contributed by atoms with Crippen LogP contribution in [-0.2, 0) is 11.0 Å². The van der Waals surface area contributed by atoms with Gasteiger partial charge in [0, 0.05) is 37.8 Å². The summed E-state index contributed by atoms with van der Waals surface area (Å²) in [6, 6.07) is 3.98. The molecular weight excluding hydrogens is 377 g/mol. The number of carbonyl (C=O) groups excluding carboxylic acids is 3. The first-order valence-corrected chi connectivity index (χ1v) is 9.01. The molecule has 7 nitrogen and oxygen atoms in total. The van der Waals surface area contributed by atoms with Crippen LogP contribution in [0.25, 0.3) is 0 Å². The predicted molar refractivity (Wildman–Crippen MR) is 93.5 cm³/mol. The zero-order valence-electron chi connectivity index (χ0n) is 15.1. The van der Waals surface area contributed by atoms with Crippen LogP contribution < -0.4 is 10.6 Å². The van der Waals surface area contributed by atoms with Crippen molar-refractivity contribution in [3.63, 3.8) is 0 Å². The van der Waals surface area contributed by atoms with Gasteiger partial charge < -0.3 is 10.2 Å². The molecule has 0 spiro atoms. The standard InChI is InChI=1S/C18H21F3N4O3/c19-18(20,21)13-3-1-2-12(10-13)16(27)25-8-6-24(7-9-25)11-15(26)23-17(28)22-14-4-5-14/h1-3,10,14H,4-9,11H2,(H2,22,23,26,28). The molecule has 0 atom stereocenters. The third-order valence-corrected chi connectivity index (χ3v) is 4.63. The fourth-order valence-corrected chi connectivity index (χ4v) is 2.94. The van der Waals surface area contributed by atoms with E-state index in [2.05, 4.69) is 10.6 Å². The maximum atomic E-state index is 12.8. The molecule has 28 heavy (non-hydrogen) atoms. The van der Waals surface area contributed by atoms with Crippen molar-refractivity contribution < 1.29 is 27.6 Å². The van der Waals surface area contributed by atoms with Crippen molar-refractivity contribution in [3.05, 3.63) is 35.4 Å².